The summed E-state index contributed by atoms with van der Waals surface area (Å²) in [6, 6.07) is 57.2. The molecule has 122 heavy (non-hydrogen) atoms. The molecular weight excluding hydrogens is 1550 g/mol. The predicted molar refractivity (Wildman–Crippen MR) is 476 cm³/mol. The molecule has 0 spiro atoms. The van der Waals surface area contributed by atoms with Crippen LogP contribution in [-0.2, 0) is 55.7 Å². The third-order valence-corrected chi connectivity index (χ3v) is 23.8. The summed E-state index contributed by atoms with van der Waals surface area (Å²) in [4.78, 5) is 79.6. The van der Waals surface area contributed by atoms with Crippen molar-refractivity contribution in [1.82, 2.24) is 19.9 Å². The van der Waals surface area contributed by atoms with Crippen molar-refractivity contribution in [3.63, 3.8) is 0 Å². The zero-order valence-electron chi connectivity index (χ0n) is 68.7. The maximum absolute atomic E-state index is 17.4. The van der Waals surface area contributed by atoms with Gasteiger partial charge in [0.1, 0.15) is 23.0 Å². The summed E-state index contributed by atoms with van der Waals surface area (Å²) in [6.07, 6.45) is 2.69. The van der Waals surface area contributed by atoms with Crippen LogP contribution in [0.2, 0.25) is 0 Å². The Bertz CT molecular complexity index is 6870. The maximum atomic E-state index is 17.4. The monoisotopic (exact) mass is 1630 g/mol. The molecule has 4 aromatic heterocycles. The Morgan fingerprint density at radius 1 is 0.287 bits per heavy atom. The fourth-order valence-electron chi connectivity index (χ4n) is 17.9. The molecule has 21 heteroatoms. The topological polar surface area (TPSA) is 214 Å². The number of benzene rings is 11. The molecule has 0 fully saturated rings. The standard InChI is InChI=1S/C101H85F5N8O8/c1-100(2,3)59-47-73-88-74(48-59)112-78(116)40-28-56-44-52-20-12-16-24-62(52)82(97(56)120-8)84-64-26-18-14-22-54(64)46-58(99(84)122-10)30-42-80(118)114-76-50-60(101(4,5)6)49-75(113-79(117)41-29-57-45-53-21-13-17-25-63(53)83(98(57)121-9)81-61-23-15-11-19-51(61)43-55(96(81)119-7)27-39-77(115)111-73)89(76)86-68-34-32-66(108-68)65-31-33-67(107-65)85(88)69-35-37-71(109-69)87(72-38-36-70(86)110-72)90-91(102)93(104)95(106)94(105)92(90)103/h11-26,31-38,43-50,107-109H,27-30,39-42H2,1-10H3,(H,111,115)(H,112,116)(H,113,117)(H,114,118). The van der Waals surface area contributed by atoms with Crippen LogP contribution in [0.3, 0.4) is 0 Å². The average Bonchev–Trinajstić information content (AvgIpc) is 1.19. The van der Waals surface area contributed by atoms with Crippen molar-refractivity contribution in [3.05, 3.63) is 256 Å². The van der Waals surface area contributed by atoms with Gasteiger partial charge in [0.05, 0.1) is 79.2 Å². The molecule has 3 aliphatic heterocycles. The quantitative estimate of drug-likeness (QED) is 0.0495. The van der Waals surface area contributed by atoms with Gasteiger partial charge in [0.15, 0.2) is 23.3 Å². The van der Waals surface area contributed by atoms with E-state index in [-0.39, 0.29) is 119 Å². The van der Waals surface area contributed by atoms with E-state index in [1.165, 1.54) is 18.2 Å². The minimum absolute atomic E-state index is 0.0423. The van der Waals surface area contributed by atoms with Crippen molar-refractivity contribution < 1.29 is 60.1 Å². The molecule has 3 aliphatic rings. The van der Waals surface area contributed by atoms with Crippen LogP contribution in [0.25, 0.3) is 144 Å². The summed E-state index contributed by atoms with van der Waals surface area (Å²) in [7, 11) is 6.36. The highest BCUT2D eigenvalue weighted by molar-refractivity contribution is 6.16. The maximum Gasteiger partial charge on any atom is 0.224 e. The van der Waals surface area contributed by atoms with Crippen molar-refractivity contribution in [1.29, 1.82) is 0 Å². The van der Waals surface area contributed by atoms with Crippen LogP contribution in [-0.4, -0.2) is 72.0 Å². The third-order valence-electron chi connectivity index (χ3n) is 23.8. The van der Waals surface area contributed by atoms with Crippen LogP contribution in [0.5, 0.6) is 23.0 Å². The van der Waals surface area contributed by atoms with Gasteiger partial charge in [0.25, 0.3) is 0 Å². The number of amides is 4. The molecule has 16 nitrogen and oxygen atoms in total. The van der Waals surface area contributed by atoms with Gasteiger partial charge in [-0.1, -0.05) is 139 Å². The smallest absolute Gasteiger partial charge is 0.224 e. The summed E-state index contributed by atoms with van der Waals surface area (Å²) < 4.78 is 110. The molecule has 7 N–H and O–H groups in total. The van der Waals surface area contributed by atoms with Gasteiger partial charge >= 0.3 is 0 Å². The van der Waals surface area contributed by atoms with Crippen LogP contribution in [0.4, 0.5) is 44.7 Å². The van der Waals surface area contributed by atoms with E-state index in [9.17, 15) is 0 Å². The van der Waals surface area contributed by atoms with E-state index in [4.69, 9.17) is 23.9 Å². The molecule has 20 bridgehead atoms. The lowest BCUT2D eigenvalue weighted by Gasteiger charge is -2.25. The van der Waals surface area contributed by atoms with Crippen LogP contribution in [0.15, 0.2) is 182 Å². The number of nitrogens with one attached hydrogen (secondary N) is 7. The Kier molecular flexibility index (Phi) is 20.0. The van der Waals surface area contributed by atoms with Crippen molar-refractivity contribution >= 4 is 135 Å². The van der Waals surface area contributed by atoms with Gasteiger partial charge in [0, 0.05) is 97.8 Å². The second-order valence-corrected chi connectivity index (χ2v) is 33.4. The molecule has 18 rings (SSSR count). The number of aryl methyl sites for hydroxylation is 4. The Morgan fingerprint density at radius 3 is 0.836 bits per heavy atom. The fourth-order valence-corrected chi connectivity index (χ4v) is 17.9. The minimum Gasteiger partial charge on any atom is -0.496 e. The SMILES string of the molecule is COc1c2cc3ccccc3c1-c1c(OC)c(cc3ccccc13)CCC(=O)Nc1cc(C(C)(C)C)cc3c1-c1c4ccc([nH]4)c(-c4c(F)c(F)c(F)c(F)c4F)c4nc(c(c5ccc([nH]5)c5ccc1[nH]5)-c1c(cc(C(C)(C)C)cc1NC(=O)CCc1cc5ccccc5c(c1OC)-c1c(OC)c(cc5ccccc15)CCC(=O)N3)NC(=O)CC2)C=C4. The van der Waals surface area contributed by atoms with Gasteiger partial charge in [0.2, 0.25) is 29.4 Å². The number of hydrogen-bond acceptors (Lipinski definition) is 9. The largest absolute Gasteiger partial charge is 0.496 e. The number of ether oxygens (including phenoxy) is 4. The fraction of sp³-hybridized carbons (Fsp3) is 0.198. The Labute approximate surface area is 698 Å². The number of rotatable bonds is 5. The molecule has 0 unspecified atom stereocenters. The van der Waals surface area contributed by atoms with E-state index in [2.05, 4.69) is 36.2 Å². The first-order chi connectivity index (χ1) is 58.8. The first-order valence-electron chi connectivity index (χ1n) is 40.6. The van der Waals surface area contributed by atoms with Crippen molar-refractivity contribution in [2.75, 3.05) is 49.7 Å². The molecule has 7 heterocycles. The van der Waals surface area contributed by atoms with E-state index in [0.29, 0.717) is 101 Å². The van der Waals surface area contributed by atoms with Crippen LogP contribution in [0.1, 0.15) is 112 Å². The number of hydrogen-bond donors (Lipinski definition) is 7. The van der Waals surface area contributed by atoms with Gasteiger partial charge in [-0.15, -0.1) is 0 Å². The molecule has 4 amide bonds. The first kappa shape index (κ1) is 79.1. The molecule has 0 aliphatic carbocycles. The number of nitrogens with zero attached hydrogens (tertiary/aromatic N) is 1. The van der Waals surface area contributed by atoms with Gasteiger partial charge in [-0.2, -0.15) is 0 Å². The third kappa shape index (κ3) is 13.9. The highest BCUT2D eigenvalue weighted by Gasteiger charge is 2.35. The number of aromatic amines is 3. The lowest BCUT2D eigenvalue weighted by molar-refractivity contribution is -0.117. The van der Waals surface area contributed by atoms with Gasteiger partial charge in [-0.25, -0.2) is 26.9 Å². The molecule has 11 aromatic carbocycles. The Morgan fingerprint density at radius 2 is 0.541 bits per heavy atom. The van der Waals surface area contributed by atoms with E-state index in [1.54, 1.807) is 46.6 Å². The summed E-state index contributed by atoms with van der Waals surface area (Å²) in [5.41, 5.74) is 6.38. The van der Waals surface area contributed by atoms with E-state index < -0.39 is 74.7 Å². The number of fused-ring (bicyclic) bond motifs is 22. The predicted octanol–water partition coefficient (Wildman–Crippen LogP) is 23.9. The number of aromatic nitrogens is 4. The van der Waals surface area contributed by atoms with Crippen molar-refractivity contribution in [2.24, 2.45) is 0 Å². The van der Waals surface area contributed by atoms with Crippen LogP contribution in [0, 0.1) is 29.1 Å². The van der Waals surface area contributed by atoms with Gasteiger partial charge in [-0.05, 0) is 210 Å². The van der Waals surface area contributed by atoms with E-state index in [1.807, 2.05) is 199 Å². The number of methoxy groups -OCH3 is 4. The van der Waals surface area contributed by atoms with Crippen molar-refractivity contribution in [2.45, 2.75) is 104 Å². The number of carbonyl (C=O) groups excluding carboxylic acids is 4. The number of H-pyrrole nitrogens is 3. The summed E-state index contributed by atoms with van der Waals surface area (Å²) >= 11 is 0. The zero-order valence-corrected chi connectivity index (χ0v) is 68.7. The molecule has 0 saturated heterocycles. The highest BCUT2D eigenvalue weighted by atomic mass is 19.2. The second kappa shape index (κ2) is 30.9. The molecule has 0 radical (unpaired) electrons. The van der Waals surface area contributed by atoms with Crippen molar-refractivity contribution in [3.8, 4) is 78.6 Å². The van der Waals surface area contributed by atoms with E-state index >= 15 is 41.1 Å². The van der Waals surface area contributed by atoms with Gasteiger partial charge < -0.3 is 55.2 Å². The molecule has 612 valence electrons. The minimum atomic E-state index is -2.39. The summed E-state index contributed by atoms with van der Waals surface area (Å²) in [5.74, 6) is -11.2. The van der Waals surface area contributed by atoms with Crippen LogP contribution >= 0.6 is 0 Å². The lowest BCUT2D eigenvalue weighted by Crippen LogP contribution is -2.19. The molecule has 0 atom stereocenters. The molecular formula is C101H85F5N8O8. The second-order valence-electron chi connectivity index (χ2n) is 33.4. The average molecular weight is 1630 g/mol. The Hall–Kier alpha value is -14.1. The number of anilines is 4. The van der Waals surface area contributed by atoms with E-state index in [0.717, 1.165) is 43.1 Å². The lowest BCUT2D eigenvalue weighted by atomic mass is 9.84. The number of halogens is 5. The van der Waals surface area contributed by atoms with Crippen LogP contribution < -0.4 is 40.2 Å². The molecule has 15 aromatic rings. The Balaban J connectivity index is 0.995. The summed E-state index contributed by atoms with van der Waals surface area (Å²) in [6.45, 7) is 12.0. The summed E-state index contributed by atoms with van der Waals surface area (Å²) in [5, 5.41) is 20.0. The normalized spacial score (nSPS) is 13.9. The van der Waals surface area contributed by atoms with Gasteiger partial charge in [-0.3, -0.25) is 19.2 Å². The highest BCUT2D eigenvalue weighted by Crippen LogP contribution is 2.54. The molecule has 0 saturated carbocycles. The zero-order chi connectivity index (χ0) is 85.1. The number of carbonyl (C=O) groups is 4. The first-order valence-corrected chi connectivity index (χ1v) is 40.6.